The normalized spacial score (nSPS) is 15.0. The highest BCUT2D eigenvalue weighted by molar-refractivity contribution is 6.17. The van der Waals surface area contributed by atoms with Gasteiger partial charge < -0.3 is 9.47 Å². The Morgan fingerprint density at radius 1 is 1.08 bits per heavy atom. The van der Waals surface area contributed by atoms with E-state index in [1.54, 1.807) is 38.5 Å². The minimum Gasteiger partial charge on any atom is -0.497 e. The van der Waals surface area contributed by atoms with E-state index in [-0.39, 0.29) is 17.7 Å². The van der Waals surface area contributed by atoms with Crippen molar-refractivity contribution in [1.29, 1.82) is 0 Å². The van der Waals surface area contributed by atoms with Crippen LogP contribution in [0.2, 0.25) is 0 Å². The fraction of sp³-hybridized carbons (Fsp3) is 0.364. The van der Waals surface area contributed by atoms with Gasteiger partial charge in [-0.15, -0.1) is 0 Å². The molecule has 1 heterocycles. The molecule has 0 radical (unpaired) electrons. The van der Waals surface area contributed by atoms with Gasteiger partial charge in [0.15, 0.2) is 5.78 Å². The molecule has 2 aromatic carbocycles. The summed E-state index contributed by atoms with van der Waals surface area (Å²) >= 11 is 0. The third-order valence-corrected chi connectivity index (χ3v) is 4.78. The molecule has 3 rings (SSSR count). The molecule has 2 aromatic rings. The number of nitrogens with zero attached hydrogens (tertiary/aromatic N) is 1. The predicted octanol–water partition coefficient (Wildman–Crippen LogP) is 4.41. The second kappa shape index (κ2) is 6.94. The maximum Gasteiger partial charge on any atom is 0.168 e. The highest BCUT2D eigenvalue weighted by atomic mass is 16.5. The summed E-state index contributed by atoms with van der Waals surface area (Å²) in [5, 5.41) is 0. The van der Waals surface area contributed by atoms with Crippen LogP contribution in [0.25, 0.3) is 0 Å². The molecule has 0 unspecified atom stereocenters. The van der Waals surface area contributed by atoms with Crippen LogP contribution >= 0.6 is 0 Å². The van der Waals surface area contributed by atoms with Gasteiger partial charge in [-0.3, -0.25) is 9.79 Å². The van der Waals surface area contributed by atoms with Crippen molar-refractivity contribution in [1.82, 2.24) is 0 Å². The number of benzene rings is 2. The van der Waals surface area contributed by atoms with E-state index in [1.165, 1.54) is 11.1 Å². The molecule has 0 aliphatic carbocycles. The molecule has 0 bridgehead atoms. The van der Waals surface area contributed by atoms with E-state index in [0.29, 0.717) is 5.56 Å². The maximum atomic E-state index is 12.8. The zero-order chi connectivity index (χ0) is 18.9. The lowest BCUT2D eigenvalue weighted by atomic mass is 9.83. The lowest BCUT2D eigenvalue weighted by Gasteiger charge is -2.30. The van der Waals surface area contributed by atoms with Crippen LogP contribution in [-0.2, 0) is 6.42 Å². The number of fused-ring (bicyclic) bond motifs is 1. The van der Waals surface area contributed by atoms with Gasteiger partial charge in [-0.2, -0.15) is 0 Å². The van der Waals surface area contributed by atoms with E-state index in [9.17, 15) is 4.79 Å². The lowest BCUT2D eigenvalue weighted by Crippen LogP contribution is -2.30. The average molecular weight is 351 g/mol. The smallest absolute Gasteiger partial charge is 0.168 e. The third kappa shape index (κ3) is 3.64. The fourth-order valence-corrected chi connectivity index (χ4v) is 3.46. The van der Waals surface area contributed by atoms with Crippen LogP contribution < -0.4 is 9.47 Å². The Balaban J connectivity index is 1.96. The van der Waals surface area contributed by atoms with Crippen molar-refractivity contribution in [3.8, 4) is 11.5 Å². The Morgan fingerprint density at radius 3 is 2.35 bits per heavy atom. The minimum absolute atomic E-state index is 0.0514. The number of rotatable bonds is 5. The molecule has 1 aliphatic rings. The van der Waals surface area contributed by atoms with E-state index < -0.39 is 0 Å². The topological polar surface area (TPSA) is 47.9 Å². The van der Waals surface area contributed by atoms with Crippen molar-refractivity contribution in [3.63, 3.8) is 0 Å². The molecule has 4 nitrogen and oxygen atoms in total. The second-order valence-corrected chi connectivity index (χ2v) is 7.35. The summed E-state index contributed by atoms with van der Waals surface area (Å²) in [6.07, 6.45) is 1.13. The van der Waals surface area contributed by atoms with Gasteiger partial charge in [0.2, 0.25) is 0 Å². The number of aryl methyl sites for hydroxylation is 1. The molecule has 136 valence electrons. The van der Waals surface area contributed by atoms with Crippen LogP contribution in [-0.4, -0.2) is 31.3 Å². The summed E-state index contributed by atoms with van der Waals surface area (Å²) in [6.45, 7) is 6.31. The van der Waals surface area contributed by atoms with Crippen LogP contribution in [0.5, 0.6) is 11.5 Å². The number of carbonyl (C=O) groups excluding carboxylic acids is 1. The molecule has 26 heavy (non-hydrogen) atoms. The van der Waals surface area contributed by atoms with E-state index in [0.717, 1.165) is 29.2 Å². The van der Waals surface area contributed by atoms with Gasteiger partial charge in [0.1, 0.15) is 11.5 Å². The van der Waals surface area contributed by atoms with Crippen molar-refractivity contribution in [2.75, 3.05) is 14.2 Å². The minimum atomic E-state index is -0.220. The lowest BCUT2D eigenvalue weighted by molar-refractivity contribution is 0.100. The van der Waals surface area contributed by atoms with E-state index >= 15 is 0 Å². The maximum absolute atomic E-state index is 12.8. The summed E-state index contributed by atoms with van der Waals surface area (Å²) in [5.41, 5.74) is 4.74. The third-order valence-electron chi connectivity index (χ3n) is 4.78. The number of methoxy groups -OCH3 is 2. The Kier molecular flexibility index (Phi) is 4.86. The van der Waals surface area contributed by atoms with E-state index in [2.05, 4.69) is 20.8 Å². The van der Waals surface area contributed by atoms with Gasteiger partial charge in [0.05, 0.1) is 31.9 Å². The van der Waals surface area contributed by atoms with Gasteiger partial charge in [0.25, 0.3) is 0 Å². The van der Waals surface area contributed by atoms with Crippen molar-refractivity contribution in [3.05, 3.63) is 58.7 Å². The highest BCUT2D eigenvalue weighted by Crippen LogP contribution is 2.33. The monoisotopic (exact) mass is 351 g/mol. The van der Waals surface area contributed by atoms with Gasteiger partial charge >= 0.3 is 0 Å². The fourth-order valence-electron chi connectivity index (χ4n) is 3.46. The van der Waals surface area contributed by atoms with Crippen molar-refractivity contribution in [2.45, 2.75) is 39.2 Å². The molecule has 4 heteroatoms. The van der Waals surface area contributed by atoms with Crippen LogP contribution in [0.4, 0.5) is 0 Å². The molecule has 0 saturated carbocycles. The van der Waals surface area contributed by atoms with Crippen molar-refractivity contribution < 1.29 is 14.3 Å². The molecule has 0 N–H and O–H groups in total. The first-order valence-corrected chi connectivity index (χ1v) is 8.77. The molecular weight excluding hydrogens is 326 g/mol. The Labute approximate surface area is 154 Å². The number of hydrogen-bond donors (Lipinski definition) is 0. The van der Waals surface area contributed by atoms with Gasteiger partial charge in [-0.05, 0) is 74.7 Å². The molecule has 0 aromatic heterocycles. The molecular formula is C22H25NO3. The summed E-state index contributed by atoms with van der Waals surface area (Å²) in [6, 6.07) is 11.3. The summed E-state index contributed by atoms with van der Waals surface area (Å²) in [7, 11) is 3.27. The van der Waals surface area contributed by atoms with Crippen LogP contribution in [0.3, 0.4) is 0 Å². The summed E-state index contributed by atoms with van der Waals surface area (Å²) in [4.78, 5) is 17.7. The first kappa shape index (κ1) is 18.2. The Bertz CT molecular complexity index is 864. The van der Waals surface area contributed by atoms with E-state index in [1.807, 2.05) is 12.1 Å². The van der Waals surface area contributed by atoms with Crippen LogP contribution in [0, 0.1) is 6.92 Å². The van der Waals surface area contributed by atoms with Gasteiger partial charge in [0, 0.05) is 11.1 Å². The number of hydrogen-bond acceptors (Lipinski definition) is 4. The zero-order valence-electron chi connectivity index (χ0n) is 16.1. The first-order chi connectivity index (χ1) is 12.3. The molecule has 1 aliphatic heterocycles. The number of Topliss-reactive ketones (excluding diaryl/α,β-unsaturated/α-hetero) is 1. The van der Waals surface area contributed by atoms with Crippen LogP contribution in [0.1, 0.15) is 47.3 Å². The number of aliphatic imine (C=N–C) groups is 1. The largest absolute Gasteiger partial charge is 0.497 e. The summed E-state index contributed by atoms with van der Waals surface area (Å²) < 4.78 is 10.6. The van der Waals surface area contributed by atoms with Gasteiger partial charge in [-0.1, -0.05) is 0 Å². The predicted molar refractivity (Wildman–Crippen MR) is 104 cm³/mol. The molecule has 0 spiro atoms. The Hall–Kier alpha value is -2.62. The molecule has 0 saturated heterocycles. The number of carbonyl (C=O) groups is 1. The first-order valence-electron chi connectivity index (χ1n) is 8.77. The van der Waals surface area contributed by atoms with Crippen molar-refractivity contribution >= 4 is 11.5 Å². The highest BCUT2D eigenvalue weighted by Gasteiger charge is 2.29. The molecule has 0 amide bonds. The van der Waals surface area contributed by atoms with Crippen molar-refractivity contribution in [2.24, 2.45) is 4.99 Å². The average Bonchev–Trinajstić information content (AvgIpc) is 2.61. The number of ketones is 1. The number of ether oxygens (including phenoxy) is 2. The summed E-state index contributed by atoms with van der Waals surface area (Å²) in [5.74, 6) is 1.59. The van der Waals surface area contributed by atoms with Gasteiger partial charge in [-0.25, -0.2) is 0 Å². The zero-order valence-corrected chi connectivity index (χ0v) is 16.1. The SMILES string of the molecule is COc1ccc(C(=O)CC2=NC(C)(C)Cc3c(C)cc(OC)cc32)cc1. The molecule has 0 fully saturated rings. The van der Waals surface area contributed by atoms with E-state index in [4.69, 9.17) is 14.5 Å². The standard InChI is InChI=1S/C22H25NO3/c1-14-10-17(26-5)11-18-19(14)13-22(2,3)23-20(18)12-21(24)15-6-8-16(25-4)9-7-15/h6-11H,12-13H2,1-5H3. The molecule has 0 atom stereocenters. The second-order valence-electron chi connectivity index (χ2n) is 7.35. The quantitative estimate of drug-likeness (QED) is 0.750. The van der Waals surface area contributed by atoms with Crippen LogP contribution in [0.15, 0.2) is 41.4 Å². The Morgan fingerprint density at radius 2 is 1.73 bits per heavy atom.